The van der Waals surface area contributed by atoms with Crippen molar-refractivity contribution in [2.75, 3.05) is 13.6 Å². The van der Waals surface area contributed by atoms with Crippen molar-refractivity contribution in [1.82, 2.24) is 4.90 Å². The van der Waals surface area contributed by atoms with Gasteiger partial charge in [-0.2, -0.15) is 0 Å². The Morgan fingerprint density at radius 1 is 1.43 bits per heavy atom. The van der Waals surface area contributed by atoms with Crippen LogP contribution in [0.25, 0.3) is 0 Å². The van der Waals surface area contributed by atoms with Crippen LogP contribution in [-0.4, -0.2) is 30.3 Å². The molecule has 0 radical (unpaired) electrons. The highest BCUT2D eigenvalue weighted by molar-refractivity contribution is 5.79. The molecule has 14 heavy (non-hydrogen) atoms. The van der Waals surface area contributed by atoms with E-state index in [2.05, 4.69) is 23.8 Å². The van der Waals surface area contributed by atoms with Gasteiger partial charge in [-0.05, 0) is 26.8 Å². The second kappa shape index (κ2) is 5.82. The predicted molar refractivity (Wildman–Crippen MR) is 58.0 cm³/mol. The SMILES string of the molecule is CC#CCCN(C)C1CCC(=O)CC1. The van der Waals surface area contributed by atoms with Gasteiger partial charge in [0.25, 0.3) is 0 Å². The monoisotopic (exact) mass is 193 g/mol. The molecule has 0 spiro atoms. The summed E-state index contributed by atoms with van der Waals surface area (Å²) in [5.41, 5.74) is 0. The highest BCUT2D eigenvalue weighted by Crippen LogP contribution is 2.19. The maximum absolute atomic E-state index is 11.1. The summed E-state index contributed by atoms with van der Waals surface area (Å²) in [6.45, 7) is 2.90. The van der Waals surface area contributed by atoms with E-state index < -0.39 is 0 Å². The topological polar surface area (TPSA) is 20.3 Å². The Labute approximate surface area is 86.7 Å². The molecular formula is C12H19NO. The highest BCUT2D eigenvalue weighted by Gasteiger charge is 2.21. The van der Waals surface area contributed by atoms with E-state index in [4.69, 9.17) is 0 Å². The van der Waals surface area contributed by atoms with Crippen molar-refractivity contribution in [2.45, 2.75) is 45.1 Å². The third kappa shape index (κ3) is 3.51. The lowest BCUT2D eigenvalue weighted by Crippen LogP contribution is -2.35. The number of nitrogens with zero attached hydrogens (tertiary/aromatic N) is 1. The van der Waals surface area contributed by atoms with Crippen LogP contribution in [-0.2, 0) is 4.79 Å². The summed E-state index contributed by atoms with van der Waals surface area (Å²) >= 11 is 0. The minimum atomic E-state index is 0.433. The van der Waals surface area contributed by atoms with Gasteiger partial charge < -0.3 is 4.90 Å². The summed E-state index contributed by atoms with van der Waals surface area (Å²) in [6, 6.07) is 0.603. The fourth-order valence-corrected chi connectivity index (χ4v) is 1.91. The molecule has 0 saturated heterocycles. The summed E-state index contributed by atoms with van der Waals surface area (Å²) in [7, 11) is 2.14. The van der Waals surface area contributed by atoms with E-state index in [9.17, 15) is 4.79 Å². The van der Waals surface area contributed by atoms with Crippen molar-refractivity contribution in [3.8, 4) is 11.8 Å². The zero-order chi connectivity index (χ0) is 10.4. The first-order valence-corrected chi connectivity index (χ1v) is 5.35. The van der Waals surface area contributed by atoms with Crippen LogP contribution in [0.4, 0.5) is 0 Å². The maximum Gasteiger partial charge on any atom is 0.133 e. The van der Waals surface area contributed by atoms with Crippen LogP contribution in [0.15, 0.2) is 0 Å². The Morgan fingerprint density at radius 2 is 2.07 bits per heavy atom. The van der Waals surface area contributed by atoms with Gasteiger partial charge in [-0.15, -0.1) is 11.8 Å². The molecule has 1 rings (SSSR count). The minimum absolute atomic E-state index is 0.433. The van der Waals surface area contributed by atoms with Crippen molar-refractivity contribution < 1.29 is 4.79 Å². The average molecular weight is 193 g/mol. The summed E-state index contributed by atoms with van der Waals surface area (Å²) in [6.07, 6.45) is 4.56. The zero-order valence-corrected chi connectivity index (χ0v) is 9.18. The number of hydrogen-bond acceptors (Lipinski definition) is 2. The Balaban J connectivity index is 2.25. The number of rotatable bonds is 3. The summed E-state index contributed by atoms with van der Waals surface area (Å²) in [5.74, 6) is 6.40. The quantitative estimate of drug-likeness (QED) is 0.637. The summed E-state index contributed by atoms with van der Waals surface area (Å²) < 4.78 is 0. The van der Waals surface area contributed by atoms with Gasteiger partial charge in [0.15, 0.2) is 0 Å². The van der Waals surface area contributed by atoms with Crippen molar-refractivity contribution in [2.24, 2.45) is 0 Å². The van der Waals surface area contributed by atoms with Crippen molar-refractivity contribution in [3.63, 3.8) is 0 Å². The van der Waals surface area contributed by atoms with E-state index in [0.29, 0.717) is 11.8 Å². The molecule has 0 bridgehead atoms. The summed E-state index contributed by atoms with van der Waals surface area (Å²) in [4.78, 5) is 13.4. The fourth-order valence-electron chi connectivity index (χ4n) is 1.91. The maximum atomic E-state index is 11.1. The molecule has 0 atom stereocenters. The van der Waals surface area contributed by atoms with Gasteiger partial charge in [0.05, 0.1) is 0 Å². The van der Waals surface area contributed by atoms with Gasteiger partial charge in [-0.25, -0.2) is 0 Å². The lowest BCUT2D eigenvalue weighted by Gasteiger charge is -2.30. The first-order valence-electron chi connectivity index (χ1n) is 5.35. The Kier molecular flexibility index (Phi) is 4.69. The van der Waals surface area contributed by atoms with Crippen LogP contribution < -0.4 is 0 Å². The molecule has 78 valence electrons. The number of carbonyl (C=O) groups is 1. The van der Waals surface area contributed by atoms with Gasteiger partial charge in [-0.1, -0.05) is 0 Å². The molecule has 0 amide bonds. The number of hydrogen-bond donors (Lipinski definition) is 0. The Morgan fingerprint density at radius 3 is 2.64 bits per heavy atom. The number of Topliss-reactive ketones (excluding diaryl/α,β-unsaturated/α-hetero) is 1. The van der Waals surface area contributed by atoms with Gasteiger partial charge in [-0.3, -0.25) is 4.79 Å². The second-order valence-electron chi connectivity index (χ2n) is 3.93. The summed E-state index contributed by atoms with van der Waals surface area (Å²) in [5, 5.41) is 0. The fraction of sp³-hybridized carbons (Fsp3) is 0.750. The largest absolute Gasteiger partial charge is 0.302 e. The van der Waals surface area contributed by atoms with Crippen LogP contribution in [0.2, 0.25) is 0 Å². The molecule has 0 N–H and O–H groups in total. The van der Waals surface area contributed by atoms with E-state index in [-0.39, 0.29) is 0 Å². The van der Waals surface area contributed by atoms with Crippen LogP contribution in [0.1, 0.15) is 39.0 Å². The third-order valence-electron chi connectivity index (χ3n) is 2.90. The van der Waals surface area contributed by atoms with E-state index >= 15 is 0 Å². The second-order valence-corrected chi connectivity index (χ2v) is 3.93. The normalized spacial score (nSPS) is 18.1. The standard InChI is InChI=1S/C12H19NO/c1-3-4-5-10-13(2)11-6-8-12(14)9-7-11/h11H,5-10H2,1-2H3. The van der Waals surface area contributed by atoms with Crippen molar-refractivity contribution in [3.05, 3.63) is 0 Å². The molecule has 0 aromatic heterocycles. The molecular weight excluding hydrogens is 174 g/mol. The van der Waals surface area contributed by atoms with Gasteiger partial charge in [0, 0.05) is 31.8 Å². The molecule has 0 aromatic rings. The molecule has 0 aliphatic heterocycles. The molecule has 2 heteroatoms. The first kappa shape index (κ1) is 11.3. The van der Waals surface area contributed by atoms with E-state index in [0.717, 1.165) is 38.6 Å². The minimum Gasteiger partial charge on any atom is -0.302 e. The molecule has 0 unspecified atom stereocenters. The molecule has 2 nitrogen and oxygen atoms in total. The van der Waals surface area contributed by atoms with E-state index in [1.165, 1.54) is 0 Å². The molecule has 1 aliphatic carbocycles. The van der Waals surface area contributed by atoms with Gasteiger partial charge in [0.2, 0.25) is 0 Å². The third-order valence-corrected chi connectivity index (χ3v) is 2.90. The van der Waals surface area contributed by atoms with Crippen LogP contribution in [0.5, 0.6) is 0 Å². The van der Waals surface area contributed by atoms with Crippen molar-refractivity contribution >= 4 is 5.78 Å². The van der Waals surface area contributed by atoms with Gasteiger partial charge >= 0.3 is 0 Å². The molecule has 0 aromatic carbocycles. The van der Waals surface area contributed by atoms with Crippen LogP contribution in [0, 0.1) is 11.8 Å². The molecule has 1 saturated carbocycles. The molecule has 0 heterocycles. The zero-order valence-electron chi connectivity index (χ0n) is 9.18. The Bertz CT molecular complexity index is 239. The van der Waals surface area contributed by atoms with Crippen LogP contribution in [0.3, 0.4) is 0 Å². The smallest absolute Gasteiger partial charge is 0.133 e. The van der Waals surface area contributed by atoms with E-state index in [1.54, 1.807) is 0 Å². The van der Waals surface area contributed by atoms with Gasteiger partial charge in [0.1, 0.15) is 5.78 Å². The number of carbonyl (C=O) groups excluding carboxylic acids is 1. The lowest BCUT2D eigenvalue weighted by atomic mass is 9.93. The molecule has 1 aliphatic rings. The van der Waals surface area contributed by atoms with Crippen molar-refractivity contribution in [1.29, 1.82) is 0 Å². The predicted octanol–water partition coefficient (Wildman–Crippen LogP) is 1.84. The molecule has 1 fully saturated rings. The lowest BCUT2D eigenvalue weighted by molar-refractivity contribution is -0.121. The number of ketones is 1. The van der Waals surface area contributed by atoms with Crippen LogP contribution >= 0.6 is 0 Å². The van der Waals surface area contributed by atoms with E-state index in [1.807, 2.05) is 6.92 Å². The first-order chi connectivity index (χ1) is 6.74. The highest BCUT2D eigenvalue weighted by atomic mass is 16.1. The average Bonchev–Trinajstić information content (AvgIpc) is 2.19. The Hall–Kier alpha value is -0.810.